The molecule has 0 aliphatic rings. The van der Waals surface area contributed by atoms with E-state index in [4.69, 9.17) is 0 Å². The van der Waals surface area contributed by atoms with Gasteiger partial charge in [-0.1, -0.05) is 24.3 Å². The molecule has 0 aliphatic heterocycles. The highest BCUT2D eigenvalue weighted by molar-refractivity contribution is 7.47. The molecule has 1 aromatic heterocycles. The molecule has 2 aromatic rings. The Morgan fingerprint density at radius 3 is 2.80 bits per heavy atom. The predicted octanol–water partition coefficient (Wildman–Crippen LogP) is 2.60. The minimum absolute atomic E-state index is 0.596. The van der Waals surface area contributed by atoms with Gasteiger partial charge < -0.3 is 0 Å². The highest BCUT2D eigenvalue weighted by atomic mass is 32.1. The fraction of sp³-hybridized carbons (Fsp3) is 0.182. The zero-order valence-electron chi connectivity index (χ0n) is 8.42. The fourth-order valence-corrected chi connectivity index (χ4v) is 1.55. The average Bonchev–Trinajstić information content (AvgIpc) is 2.69. The Hall–Kier alpha value is -1.55. The summed E-state index contributed by atoms with van der Waals surface area (Å²) in [6.45, 7) is 2.86. The molecule has 15 heavy (non-hydrogen) atoms. The van der Waals surface area contributed by atoms with Crippen LogP contribution in [-0.4, -0.2) is 9.78 Å². The maximum Gasteiger partial charge on any atom is 0.187 e. The van der Waals surface area contributed by atoms with E-state index >= 15 is 0 Å². The number of rotatable bonds is 3. The summed E-state index contributed by atoms with van der Waals surface area (Å²) in [5, 5.41) is 4.21. The number of hydrogen-bond acceptors (Lipinski definition) is 3. The quantitative estimate of drug-likeness (QED) is 0.791. The summed E-state index contributed by atoms with van der Waals surface area (Å²) in [4.78, 5) is 0. The van der Waals surface area contributed by atoms with Crippen molar-refractivity contribution in [1.29, 1.82) is 0 Å². The van der Waals surface area contributed by atoms with Gasteiger partial charge in [0.2, 0.25) is 0 Å². The van der Waals surface area contributed by atoms with Gasteiger partial charge in [-0.2, -0.15) is 9.46 Å². The van der Waals surface area contributed by atoms with Gasteiger partial charge in [-0.15, -0.1) is 0 Å². The zero-order valence-corrected chi connectivity index (χ0v) is 9.24. The molecule has 0 radical (unpaired) electrons. The van der Waals surface area contributed by atoms with Crippen LogP contribution in [0.1, 0.15) is 11.1 Å². The molecule has 1 heterocycles. The molecule has 4 heteroatoms. The third-order valence-electron chi connectivity index (χ3n) is 2.31. The summed E-state index contributed by atoms with van der Waals surface area (Å²) in [7, 11) is 0. The molecule has 0 amide bonds. The number of hydrogen-bond donors (Lipinski definition) is 0. The van der Waals surface area contributed by atoms with Crippen molar-refractivity contribution in [1.82, 2.24) is 9.78 Å². The van der Waals surface area contributed by atoms with Crippen molar-refractivity contribution in [3.05, 3.63) is 47.7 Å². The van der Waals surface area contributed by atoms with Crippen molar-refractivity contribution in [3.8, 4) is 0 Å². The van der Waals surface area contributed by atoms with Crippen molar-refractivity contribution >= 4 is 18.2 Å². The fourth-order valence-electron chi connectivity index (χ4n) is 1.45. The van der Waals surface area contributed by atoms with E-state index in [0.29, 0.717) is 5.82 Å². The standard InChI is InChI=1S/C11H11N3S/c1-9-4-2-3-5-10(9)8-14-7-6-11(12-14)13-15/h2-7H,8H2,1H3. The van der Waals surface area contributed by atoms with Crippen LogP contribution in [0.15, 0.2) is 40.9 Å². The van der Waals surface area contributed by atoms with Crippen LogP contribution in [-0.2, 0) is 19.0 Å². The molecule has 3 nitrogen and oxygen atoms in total. The second-order valence-corrected chi connectivity index (χ2v) is 3.57. The van der Waals surface area contributed by atoms with Crippen LogP contribution in [0.4, 0.5) is 5.82 Å². The van der Waals surface area contributed by atoms with Gasteiger partial charge >= 0.3 is 0 Å². The average molecular weight is 217 g/mol. The molecule has 0 N–H and O–H groups in total. The molecular formula is C11H11N3S. The smallest absolute Gasteiger partial charge is 0.187 e. The van der Waals surface area contributed by atoms with E-state index in [-0.39, 0.29) is 0 Å². The maximum atomic E-state index is 4.57. The van der Waals surface area contributed by atoms with Crippen LogP contribution in [0.25, 0.3) is 0 Å². The Balaban J connectivity index is 2.22. The van der Waals surface area contributed by atoms with E-state index in [1.54, 1.807) is 0 Å². The topological polar surface area (TPSA) is 30.2 Å². The lowest BCUT2D eigenvalue weighted by molar-refractivity contribution is 0.686. The Labute approximate surface area is 93.9 Å². The third kappa shape index (κ3) is 2.27. The minimum Gasteiger partial charge on any atom is -0.266 e. The lowest BCUT2D eigenvalue weighted by Crippen LogP contribution is -2.01. The van der Waals surface area contributed by atoms with Crippen molar-refractivity contribution in [2.45, 2.75) is 13.5 Å². The van der Waals surface area contributed by atoms with Crippen LogP contribution in [0.5, 0.6) is 0 Å². The summed E-state index contributed by atoms with van der Waals surface area (Å²) in [5.41, 5.74) is 2.53. The van der Waals surface area contributed by atoms with Crippen LogP contribution < -0.4 is 0 Å². The van der Waals surface area contributed by atoms with Gasteiger partial charge in [0, 0.05) is 24.7 Å². The van der Waals surface area contributed by atoms with Crippen LogP contribution in [0.2, 0.25) is 0 Å². The highest BCUT2D eigenvalue weighted by Gasteiger charge is 2.00. The second-order valence-electron chi connectivity index (χ2n) is 3.39. The van der Waals surface area contributed by atoms with E-state index < -0.39 is 0 Å². The van der Waals surface area contributed by atoms with Gasteiger partial charge in [0.25, 0.3) is 0 Å². The van der Waals surface area contributed by atoms with Crippen molar-refractivity contribution in [2.24, 2.45) is 4.36 Å². The third-order valence-corrected chi connectivity index (χ3v) is 2.50. The van der Waals surface area contributed by atoms with Crippen LogP contribution >= 0.6 is 0 Å². The number of aryl methyl sites for hydroxylation is 1. The molecular weight excluding hydrogens is 206 g/mol. The van der Waals surface area contributed by atoms with Gasteiger partial charge in [-0.3, -0.25) is 4.68 Å². The lowest BCUT2D eigenvalue weighted by Gasteiger charge is -2.04. The van der Waals surface area contributed by atoms with Crippen molar-refractivity contribution in [3.63, 3.8) is 0 Å². The summed E-state index contributed by atoms with van der Waals surface area (Å²) < 4.78 is 5.45. The summed E-state index contributed by atoms with van der Waals surface area (Å²) >= 11 is 4.57. The predicted molar refractivity (Wildman–Crippen MR) is 62.0 cm³/mol. The molecule has 0 atom stereocenters. The molecule has 0 aliphatic carbocycles. The lowest BCUT2D eigenvalue weighted by atomic mass is 10.1. The van der Waals surface area contributed by atoms with E-state index in [2.05, 4.69) is 40.9 Å². The molecule has 0 fully saturated rings. The second kappa shape index (κ2) is 4.31. The van der Waals surface area contributed by atoms with Crippen molar-refractivity contribution in [2.75, 3.05) is 0 Å². The molecule has 76 valence electrons. The summed E-state index contributed by atoms with van der Waals surface area (Å²) in [5.74, 6) is 0.596. The Morgan fingerprint density at radius 1 is 1.33 bits per heavy atom. The normalized spacial score (nSPS) is 10.2. The zero-order chi connectivity index (χ0) is 10.7. The molecule has 1 aromatic carbocycles. The number of benzene rings is 1. The van der Waals surface area contributed by atoms with E-state index in [0.717, 1.165) is 6.54 Å². The van der Waals surface area contributed by atoms with E-state index in [1.807, 2.05) is 29.1 Å². The summed E-state index contributed by atoms with van der Waals surface area (Å²) in [6.07, 6.45) is 1.89. The van der Waals surface area contributed by atoms with Gasteiger partial charge in [0.1, 0.15) is 0 Å². The van der Waals surface area contributed by atoms with Crippen LogP contribution in [0.3, 0.4) is 0 Å². The first-order valence-electron chi connectivity index (χ1n) is 4.71. The molecule has 0 saturated heterocycles. The molecule has 0 spiro atoms. The first kappa shape index (κ1) is 9.98. The van der Waals surface area contributed by atoms with E-state index in [1.165, 1.54) is 11.1 Å². The van der Waals surface area contributed by atoms with Gasteiger partial charge in [-0.05, 0) is 18.1 Å². The Morgan fingerprint density at radius 2 is 2.13 bits per heavy atom. The van der Waals surface area contributed by atoms with E-state index in [9.17, 15) is 0 Å². The largest absolute Gasteiger partial charge is 0.266 e. The Kier molecular flexibility index (Phi) is 2.87. The van der Waals surface area contributed by atoms with Crippen LogP contribution in [0, 0.1) is 6.92 Å². The molecule has 2 rings (SSSR count). The SMILES string of the molecule is Cc1ccccc1Cn1ccc(N=S)n1. The molecule has 0 saturated carbocycles. The first-order valence-corrected chi connectivity index (χ1v) is 5.07. The first-order chi connectivity index (χ1) is 7.29. The number of nitrogens with zero attached hydrogens (tertiary/aromatic N) is 3. The van der Waals surface area contributed by atoms with Gasteiger partial charge in [0.05, 0.1) is 6.54 Å². The minimum atomic E-state index is 0.596. The Bertz CT molecular complexity index is 476. The molecule has 0 bridgehead atoms. The van der Waals surface area contributed by atoms with Gasteiger partial charge in [-0.25, -0.2) is 0 Å². The van der Waals surface area contributed by atoms with Crippen molar-refractivity contribution < 1.29 is 0 Å². The molecule has 0 unspecified atom stereocenters. The monoisotopic (exact) mass is 217 g/mol. The highest BCUT2D eigenvalue weighted by Crippen LogP contribution is 2.11. The van der Waals surface area contributed by atoms with Gasteiger partial charge in [0.15, 0.2) is 5.82 Å². The number of aromatic nitrogens is 2. The summed E-state index contributed by atoms with van der Waals surface area (Å²) in [6, 6.07) is 10.1. The maximum absolute atomic E-state index is 4.57.